The molecule has 4 aromatic rings. The highest BCUT2D eigenvalue weighted by molar-refractivity contribution is 6.03. The van der Waals surface area contributed by atoms with Gasteiger partial charge in [-0.25, -0.2) is 14.2 Å². The van der Waals surface area contributed by atoms with Crippen LogP contribution in [0, 0.1) is 24.6 Å². The first kappa shape index (κ1) is 56.9. The Morgan fingerprint density at radius 1 is 0.897 bits per heavy atom. The van der Waals surface area contributed by atoms with Gasteiger partial charge in [0.05, 0.1) is 54.7 Å². The fraction of sp³-hybridized carbons (Fsp3) is 0.500. The highest BCUT2D eigenvalue weighted by Gasteiger charge is 2.46. The lowest BCUT2D eigenvalue weighted by molar-refractivity contribution is -0.172. The maximum absolute atomic E-state index is 15.4. The highest BCUT2D eigenvalue weighted by Crippen LogP contribution is 2.46. The van der Waals surface area contributed by atoms with Crippen molar-refractivity contribution in [2.45, 2.75) is 135 Å². The zero-order chi connectivity index (χ0) is 56.0. The van der Waals surface area contributed by atoms with E-state index in [-0.39, 0.29) is 130 Å². The van der Waals surface area contributed by atoms with Crippen molar-refractivity contribution in [1.82, 2.24) is 35.3 Å². The third-order valence-corrected chi connectivity index (χ3v) is 15.7. The van der Waals surface area contributed by atoms with Crippen molar-refractivity contribution in [3.05, 3.63) is 97.6 Å². The van der Waals surface area contributed by atoms with Gasteiger partial charge in [0.25, 0.3) is 5.56 Å². The fourth-order valence-corrected chi connectivity index (χ4v) is 11.2. The number of carbonyl (C=O) groups is 9. The van der Waals surface area contributed by atoms with Crippen molar-refractivity contribution in [3.8, 4) is 11.4 Å². The fourth-order valence-electron chi connectivity index (χ4n) is 11.2. The molecule has 1 unspecified atom stereocenters. The number of aryl methyl sites for hydroxylation is 1. The standard InChI is InChI=1S/C58H68FN7O12/c1-5-58(77)43-26-47-53-41(30-66(47)56(75)42(43)32-78-57(58)76)52-45(19-18-40-34(3)44(59)27-46(63-53)51(40)52)62-49(71)31-64(4)21-12-16-38(68)28-61-54(73)36(24-35-13-8-6-9-14-35)25-39(69)29-60-48(70)20-17-37(67)15-10-7-11-22-65-50(72)23-33(2)55(65)74/h6,8-9,13-14,26-27,33,36,45,77H,5,7,10-12,15-25,28-32H2,1-4H3,(H,60,70)(H,61,73)(H,62,71)/t33?,36-,45+,58+/m1/s1. The maximum atomic E-state index is 15.4. The average Bonchev–Trinajstić information content (AvgIpc) is 4.12. The zero-order valence-corrected chi connectivity index (χ0v) is 44.7. The Morgan fingerprint density at radius 3 is 2.37 bits per heavy atom. The monoisotopic (exact) mass is 1070 g/mol. The predicted octanol–water partition coefficient (Wildman–Crippen LogP) is 4.27. The molecule has 2 aromatic heterocycles. The largest absolute Gasteiger partial charge is 0.458 e. The molecule has 8 rings (SSSR count). The molecule has 0 saturated carbocycles. The van der Waals surface area contributed by atoms with Crippen LogP contribution in [0.2, 0.25) is 0 Å². The molecule has 3 aliphatic heterocycles. The number of hydrogen-bond donors (Lipinski definition) is 4. The number of amides is 5. The topological polar surface area (TPSA) is 261 Å². The molecule has 4 N–H and O–H groups in total. The van der Waals surface area contributed by atoms with Gasteiger partial charge in [-0.3, -0.25) is 53.0 Å². The third-order valence-electron chi connectivity index (χ3n) is 15.7. The van der Waals surface area contributed by atoms with Crippen LogP contribution in [0.15, 0.2) is 47.3 Å². The second-order valence-electron chi connectivity index (χ2n) is 21.3. The molecule has 414 valence electrons. The molecule has 5 heterocycles. The number of imide groups is 1. The average molecular weight is 1070 g/mol. The number of carbonyl (C=O) groups excluding carboxylic acids is 9. The van der Waals surface area contributed by atoms with Crippen molar-refractivity contribution in [1.29, 1.82) is 0 Å². The van der Waals surface area contributed by atoms with E-state index in [0.717, 1.165) is 16.7 Å². The van der Waals surface area contributed by atoms with E-state index in [0.29, 0.717) is 85.0 Å². The summed E-state index contributed by atoms with van der Waals surface area (Å²) < 4.78 is 22.2. The number of halogens is 1. The summed E-state index contributed by atoms with van der Waals surface area (Å²) in [6.07, 6.45) is 3.55. The highest BCUT2D eigenvalue weighted by atomic mass is 19.1. The van der Waals surface area contributed by atoms with E-state index in [9.17, 15) is 53.1 Å². The molecule has 0 bridgehead atoms. The van der Waals surface area contributed by atoms with Gasteiger partial charge >= 0.3 is 5.97 Å². The minimum atomic E-state index is -2.03. The summed E-state index contributed by atoms with van der Waals surface area (Å²) in [6.45, 7) is 4.93. The number of likely N-dealkylation sites (N-methyl/N-ethyl adjacent to an activating group) is 1. The van der Waals surface area contributed by atoms with Crippen molar-refractivity contribution in [2.24, 2.45) is 11.8 Å². The second-order valence-corrected chi connectivity index (χ2v) is 21.3. The number of ketones is 3. The number of rotatable bonds is 26. The van der Waals surface area contributed by atoms with Crippen LogP contribution in [0.5, 0.6) is 0 Å². The summed E-state index contributed by atoms with van der Waals surface area (Å²) in [5.74, 6) is -4.77. The number of unbranched alkanes of at least 4 members (excludes halogenated alkanes) is 2. The van der Waals surface area contributed by atoms with Crippen LogP contribution in [0.1, 0.15) is 136 Å². The normalized spacial score (nSPS) is 18.6. The van der Waals surface area contributed by atoms with E-state index in [2.05, 4.69) is 16.0 Å². The van der Waals surface area contributed by atoms with Crippen LogP contribution in [-0.2, 0) is 79.5 Å². The number of cyclic esters (lactones) is 1. The molecule has 19 nitrogen and oxygen atoms in total. The van der Waals surface area contributed by atoms with E-state index in [1.54, 1.807) is 38.8 Å². The van der Waals surface area contributed by atoms with Crippen molar-refractivity contribution in [2.75, 3.05) is 39.8 Å². The Bertz CT molecular complexity index is 3140. The van der Waals surface area contributed by atoms with Gasteiger partial charge in [-0.05, 0) is 93.8 Å². The number of esters is 1. The van der Waals surface area contributed by atoms with Crippen LogP contribution in [0.25, 0.3) is 22.3 Å². The summed E-state index contributed by atoms with van der Waals surface area (Å²) in [6, 6.07) is 11.5. The minimum Gasteiger partial charge on any atom is -0.458 e. The summed E-state index contributed by atoms with van der Waals surface area (Å²) in [7, 11) is 1.75. The van der Waals surface area contributed by atoms with Gasteiger partial charge in [0.2, 0.25) is 29.5 Å². The Balaban J connectivity index is 0.795. The molecule has 1 aliphatic carbocycles. The number of aliphatic hydroxyl groups is 1. The molecule has 78 heavy (non-hydrogen) atoms. The molecule has 2 aromatic carbocycles. The molecule has 0 radical (unpaired) electrons. The quantitative estimate of drug-likeness (QED) is 0.0343. The van der Waals surface area contributed by atoms with Crippen LogP contribution in [-0.4, -0.2) is 117 Å². The van der Waals surface area contributed by atoms with E-state index >= 15 is 4.39 Å². The van der Waals surface area contributed by atoms with E-state index in [1.807, 2.05) is 30.3 Å². The predicted molar refractivity (Wildman–Crippen MR) is 283 cm³/mol. The Morgan fingerprint density at radius 2 is 1.64 bits per heavy atom. The number of hydrogen-bond acceptors (Lipinski definition) is 14. The first-order valence-corrected chi connectivity index (χ1v) is 27.0. The van der Waals surface area contributed by atoms with E-state index < -0.39 is 52.5 Å². The molecular weight excluding hydrogens is 1010 g/mol. The number of nitrogens with zero attached hydrogens (tertiary/aromatic N) is 4. The van der Waals surface area contributed by atoms with Gasteiger partial charge in [-0.15, -0.1) is 0 Å². The number of fused-ring (bicyclic) bond motifs is 5. The molecule has 1 saturated heterocycles. The lowest BCUT2D eigenvalue weighted by Gasteiger charge is -2.31. The summed E-state index contributed by atoms with van der Waals surface area (Å²) in [5, 5.41) is 20.5. The lowest BCUT2D eigenvalue weighted by Crippen LogP contribution is -2.44. The number of likely N-dealkylation sites (tertiary alicyclic amines) is 1. The van der Waals surface area contributed by atoms with Crippen LogP contribution in [0.4, 0.5) is 4.39 Å². The van der Waals surface area contributed by atoms with Crippen molar-refractivity contribution < 1.29 is 57.4 Å². The SMILES string of the molecule is CC[C@@]1(O)C(=O)OCc2c1cc1n(c2=O)Cc2c-1nc1cc(F)c(C)c3c1c2[C@@H](NC(=O)CN(C)CCCC(=O)CNC(=O)[C@@H](CC(=O)CNC(=O)CCC(=O)CCCCCN1C(=O)CC(C)C1=O)Cc1ccccc1)CC3. The summed E-state index contributed by atoms with van der Waals surface area (Å²) in [4.78, 5) is 137. The number of benzene rings is 2. The Hall–Kier alpha value is -7.32. The minimum absolute atomic E-state index is 0.00119. The Kier molecular flexibility index (Phi) is 17.9. The molecule has 0 spiro atoms. The van der Waals surface area contributed by atoms with E-state index in [1.165, 1.54) is 15.5 Å². The lowest BCUT2D eigenvalue weighted by atomic mass is 9.81. The molecule has 1 fully saturated rings. The summed E-state index contributed by atoms with van der Waals surface area (Å²) in [5.41, 5.74) is 2.45. The number of nitrogens with one attached hydrogen (secondary N) is 3. The van der Waals surface area contributed by atoms with Crippen molar-refractivity contribution >= 4 is 63.8 Å². The maximum Gasteiger partial charge on any atom is 0.343 e. The van der Waals surface area contributed by atoms with E-state index in [4.69, 9.17) is 9.72 Å². The van der Waals surface area contributed by atoms with Gasteiger partial charge in [0.1, 0.15) is 18.2 Å². The number of Topliss-reactive ketones (excluding diaryl/α,β-unsaturated/α-hetero) is 3. The first-order valence-electron chi connectivity index (χ1n) is 27.0. The van der Waals surface area contributed by atoms with Crippen molar-refractivity contribution in [3.63, 3.8) is 0 Å². The third kappa shape index (κ3) is 12.5. The number of ether oxygens (including phenoxy) is 1. The first-order chi connectivity index (χ1) is 37.3. The van der Waals surface area contributed by atoms with Crippen LogP contribution in [0.3, 0.4) is 0 Å². The van der Waals surface area contributed by atoms with Crippen LogP contribution >= 0.6 is 0 Å². The van der Waals surface area contributed by atoms with Gasteiger partial charge in [0.15, 0.2) is 17.2 Å². The van der Waals surface area contributed by atoms with Crippen LogP contribution < -0.4 is 21.5 Å². The molecule has 4 aliphatic rings. The molecule has 5 amide bonds. The van der Waals surface area contributed by atoms with Gasteiger partial charge in [-0.2, -0.15) is 0 Å². The molecular formula is C58H68FN7O12. The van der Waals surface area contributed by atoms with Gasteiger partial charge in [0, 0.05) is 79.5 Å². The Labute approximate surface area is 451 Å². The number of pyridine rings is 2. The summed E-state index contributed by atoms with van der Waals surface area (Å²) >= 11 is 0. The smallest absolute Gasteiger partial charge is 0.343 e. The zero-order valence-electron chi connectivity index (χ0n) is 44.7. The molecule has 20 heteroatoms. The van der Waals surface area contributed by atoms with Gasteiger partial charge < -0.3 is 30.4 Å². The number of aromatic nitrogens is 2. The second kappa shape index (κ2) is 24.6. The van der Waals surface area contributed by atoms with Gasteiger partial charge in [-0.1, -0.05) is 50.6 Å². The molecule has 4 atom stereocenters.